The molecule has 0 spiro atoms. The lowest BCUT2D eigenvalue weighted by molar-refractivity contribution is 0.186. The predicted molar refractivity (Wildman–Crippen MR) is 83.1 cm³/mol. The summed E-state index contributed by atoms with van der Waals surface area (Å²) in [5.41, 5.74) is 1.11. The van der Waals surface area contributed by atoms with Gasteiger partial charge >= 0.3 is 0 Å². The van der Waals surface area contributed by atoms with Gasteiger partial charge in [0.05, 0.1) is 19.8 Å². The van der Waals surface area contributed by atoms with Crippen LogP contribution in [0.4, 0.5) is 5.13 Å². The smallest absolute Gasteiger partial charge is 0.203 e. The highest BCUT2D eigenvalue weighted by molar-refractivity contribution is 7.09. The zero-order valence-corrected chi connectivity index (χ0v) is 13.0. The number of benzene rings is 1. The van der Waals surface area contributed by atoms with Crippen molar-refractivity contribution in [1.29, 1.82) is 0 Å². The number of aromatic nitrogens is 2. The van der Waals surface area contributed by atoms with Crippen LogP contribution >= 0.6 is 11.5 Å². The first-order valence-corrected chi connectivity index (χ1v) is 7.80. The molecule has 0 radical (unpaired) electrons. The molecule has 0 aliphatic heterocycles. The first kappa shape index (κ1) is 14.3. The number of anilines is 1. The molecular weight excluding hydrogens is 286 g/mol. The van der Waals surface area contributed by atoms with Crippen molar-refractivity contribution < 1.29 is 9.47 Å². The van der Waals surface area contributed by atoms with Crippen LogP contribution in [-0.2, 0) is 4.74 Å². The summed E-state index contributed by atoms with van der Waals surface area (Å²) in [5, 5.41) is 4.26. The summed E-state index contributed by atoms with van der Waals surface area (Å²) in [7, 11) is 3.37. The Labute approximate surface area is 128 Å². The SMILES string of the molecule is COCC(Nc1nc(C2CC2)ns1)c1cccc(OC)c1. The molecular formula is C15H19N3O2S. The highest BCUT2D eigenvalue weighted by Gasteiger charge is 2.28. The van der Waals surface area contributed by atoms with E-state index in [-0.39, 0.29) is 6.04 Å². The summed E-state index contributed by atoms with van der Waals surface area (Å²) in [4.78, 5) is 4.57. The molecule has 1 saturated carbocycles. The lowest BCUT2D eigenvalue weighted by Crippen LogP contribution is -2.16. The van der Waals surface area contributed by atoms with Crippen LogP contribution in [-0.4, -0.2) is 30.2 Å². The molecule has 1 N–H and O–H groups in total. The molecule has 1 heterocycles. The van der Waals surface area contributed by atoms with Crippen LogP contribution in [0.15, 0.2) is 24.3 Å². The fourth-order valence-corrected chi connectivity index (χ4v) is 2.90. The van der Waals surface area contributed by atoms with E-state index in [9.17, 15) is 0 Å². The number of methoxy groups -OCH3 is 2. The molecule has 1 aliphatic carbocycles. The molecule has 1 aromatic heterocycles. The number of hydrogen-bond acceptors (Lipinski definition) is 6. The second kappa shape index (κ2) is 6.41. The first-order valence-electron chi connectivity index (χ1n) is 7.03. The molecule has 0 amide bonds. The molecule has 1 atom stereocenters. The van der Waals surface area contributed by atoms with E-state index in [0.717, 1.165) is 22.3 Å². The van der Waals surface area contributed by atoms with Gasteiger partial charge < -0.3 is 14.8 Å². The summed E-state index contributed by atoms with van der Waals surface area (Å²) in [6.45, 7) is 0.561. The normalized spacial score (nSPS) is 15.7. The van der Waals surface area contributed by atoms with Gasteiger partial charge in [-0.3, -0.25) is 0 Å². The first-order chi connectivity index (χ1) is 10.3. The minimum atomic E-state index is 0.0325. The molecule has 1 aromatic carbocycles. The van der Waals surface area contributed by atoms with Crippen molar-refractivity contribution in [2.75, 3.05) is 26.1 Å². The quantitative estimate of drug-likeness (QED) is 0.851. The van der Waals surface area contributed by atoms with Crippen LogP contribution in [0.3, 0.4) is 0 Å². The van der Waals surface area contributed by atoms with E-state index < -0.39 is 0 Å². The van der Waals surface area contributed by atoms with Crippen molar-refractivity contribution in [1.82, 2.24) is 9.36 Å². The van der Waals surface area contributed by atoms with Crippen LogP contribution in [0.25, 0.3) is 0 Å². The Morgan fingerprint density at radius 3 is 2.95 bits per heavy atom. The summed E-state index contributed by atoms with van der Waals surface area (Å²) in [5.74, 6) is 2.39. The maximum absolute atomic E-state index is 5.32. The Balaban J connectivity index is 1.75. The fraction of sp³-hybridized carbons (Fsp3) is 0.467. The molecule has 0 bridgehead atoms. The van der Waals surface area contributed by atoms with Crippen LogP contribution < -0.4 is 10.1 Å². The minimum absolute atomic E-state index is 0.0325. The lowest BCUT2D eigenvalue weighted by atomic mass is 10.1. The Bertz CT molecular complexity index is 598. The molecule has 5 nitrogen and oxygen atoms in total. The molecule has 1 aliphatic rings. The van der Waals surface area contributed by atoms with Gasteiger partial charge in [-0.15, -0.1) is 0 Å². The van der Waals surface area contributed by atoms with Crippen LogP contribution in [0.5, 0.6) is 5.75 Å². The van der Waals surface area contributed by atoms with Crippen LogP contribution in [0.2, 0.25) is 0 Å². The van der Waals surface area contributed by atoms with Gasteiger partial charge in [0.25, 0.3) is 0 Å². The van der Waals surface area contributed by atoms with Gasteiger partial charge in [0, 0.05) is 24.6 Å². The van der Waals surface area contributed by atoms with Crippen LogP contribution in [0.1, 0.15) is 36.2 Å². The standard InChI is InChI=1S/C15H19N3O2S/c1-19-9-13(11-4-3-5-12(8-11)20-2)16-15-17-14(18-21-15)10-6-7-10/h3-5,8,10,13H,6-7,9H2,1-2H3,(H,16,17,18). The predicted octanol–water partition coefficient (Wildman–Crippen LogP) is 3.22. The molecule has 3 rings (SSSR count). The summed E-state index contributed by atoms with van der Waals surface area (Å²) >= 11 is 1.42. The molecule has 1 unspecified atom stereocenters. The maximum Gasteiger partial charge on any atom is 0.203 e. The van der Waals surface area contributed by atoms with Crippen molar-refractivity contribution in [3.63, 3.8) is 0 Å². The van der Waals surface area contributed by atoms with Crippen molar-refractivity contribution >= 4 is 16.7 Å². The fourth-order valence-electron chi connectivity index (χ4n) is 2.20. The van der Waals surface area contributed by atoms with E-state index in [2.05, 4.69) is 20.7 Å². The van der Waals surface area contributed by atoms with Gasteiger partial charge in [-0.05, 0) is 30.5 Å². The Morgan fingerprint density at radius 1 is 1.38 bits per heavy atom. The topological polar surface area (TPSA) is 56.3 Å². The van der Waals surface area contributed by atoms with E-state index in [0.29, 0.717) is 12.5 Å². The lowest BCUT2D eigenvalue weighted by Gasteiger charge is -2.18. The van der Waals surface area contributed by atoms with E-state index in [1.165, 1.54) is 24.4 Å². The third-order valence-electron chi connectivity index (χ3n) is 3.51. The van der Waals surface area contributed by atoms with Gasteiger partial charge in [0.15, 0.2) is 0 Å². The average Bonchev–Trinajstić information content (AvgIpc) is 3.27. The van der Waals surface area contributed by atoms with Crippen molar-refractivity contribution in [3.8, 4) is 5.75 Å². The highest BCUT2D eigenvalue weighted by Crippen LogP contribution is 2.39. The number of nitrogens with zero attached hydrogens (tertiary/aromatic N) is 2. The van der Waals surface area contributed by atoms with Gasteiger partial charge in [0.1, 0.15) is 11.6 Å². The molecule has 0 saturated heterocycles. The summed E-state index contributed by atoms with van der Waals surface area (Å²) in [6, 6.07) is 8.02. The number of ether oxygens (including phenoxy) is 2. The maximum atomic E-state index is 5.32. The van der Waals surface area contributed by atoms with Gasteiger partial charge in [0.2, 0.25) is 5.13 Å². The zero-order chi connectivity index (χ0) is 14.7. The molecule has 21 heavy (non-hydrogen) atoms. The van der Waals surface area contributed by atoms with Crippen molar-refractivity contribution in [3.05, 3.63) is 35.7 Å². The average molecular weight is 305 g/mol. The largest absolute Gasteiger partial charge is 0.497 e. The Hall–Kier alpha value is -1.66. The van der Waals surface area contributed by atoms with E-state index >= 15 is 0 Å². The van der Waals surface area contributed by atoms with Gasteiger partial charge in [-0.25, -0.2) is 4.98 Å². The second-order valence-corrected chi connectivity index (χ2v) is 5.91. The van der Waals surface area contributed by atoms with Crippen molar-refractivity contribution in [2.45, 2.75) is 24.8 Å². The highest BCUT2D eigenvalue weighted by atomic mass is 32.1. The Kier molecular flexibility index (Phi) is 4.36. The van der Waals surface area contributed by atoms with Crippen molar-refractivity contribution in [2.24, 2.45) is 0 Å². The van der Waals surface area contributed by atoms with Gasteiger partial charge in [-0.2, -0.15) is 4.37 Å². The number of rotatable bonds is 7. The monoisotopic (exact) mass is 305 g/mol. The summed E-state index contributed by atoms with van der Waals surface area (Å²) < 4.78 is 15.0. The molecule has 112 valence electrons. The molecule has 6 heteroatoms. The zero-order valence-electron chi connectivity index (χ0n) is 12.2. The third-order valence-corrected chi connectivity index (χ3v) is 4.17. The number of hydrogen-bond donors (Lipinski definition) is 1. The number of nitrogens with one attached hydrogen (secondary N) is 1. The van der Waals surface area contributed by atoms with Gasteiger partial charge in [-0.1, -0.05) is 12.1 Å². The summed E-state index contributed by atoms with van der Waals surface area (Å²) in [6.07, 6.45) is 2.43. The minimum Gasteiger partial charge on any atom is -0.497 e. The Morgan fingerprint density at radius 2 is 2.24 bits per heavy atom. The third kappa shape index (κ3) is 3.51. The van der Waals surface area contributed by atoms with E-state index in [4.69, 9.17) is 9.47 Å². The second-order valence-electron chi connectivity index (χ2n) is 5.16. The van der Waals surface area contributed by atoms with E-state index in [1.807, 2.05) is 18.2 Å². The van der Waals surface area contributed by atoms with Crippen LogP contribution in [0, 0.1) is 0 Å². The molecule has 1 fully saturated rings. The van der Waals surface area contributed by atoms with E-state index in [1.54, 1.807) is 14.2 Å². The molecule has 2 aromatic rings.